The van der Waals surface area contributed by atoms with Crippen LogP contribution in [0.25, 0.3) is 16.4 Å². The summed E-state index contributed by atoms with van der Waals surface area (Å²) in [5, 5.41) is 9.20. The third kappa shape index (κ3) is 3.39. The molecule has 0 unspecified atom stereocenters. The number of nitrogens with zero attached hydrogens (tertiary/aromatic N) is 4. The van der Waals surface area contributed by atoms with E-state index in [1.54, 1.807) is 24.5 Å². The third-order valence-corrected chi connectivity index (χ3v) is 4.95. The number of pyridine rings is 1. The molecule has 0 aromatic carbocycles. The Morgan fingerprint density at radius 3 is 2.76 bits per heavy atom. The molecule has 0 bridgehead atoms. The van der Waals surface area contributed by atoms with Crippen LogP contribution < -0.4 is 11.0 Å². The van der Waals surface area contributed by atoms with Crippen LogP contribution in [0.1, 0.15) is 12.8 Å². The minimum Gasteiger partial charge on any atom is -0.354 e. The monoisotopic (exact) mass is 355 g/mol. The Kier molecular flexibility index (Phi) is 4.19. The molecule has 3 heterocycles. The average Bonchev–Trinajstić information content (AvgIpc) is 3.19. The Morgan fingerprint density at radius 2 is 2.08 bits per heavy atom. The highest BCUT2D eigenvalue weighted by molar-refractivity contribution is 7.13. The minimum atomic E-state index is -0.337. The zero-order chi connectivity index (χ0) is 17.2. The summed E-state index contributed by atoms with van der Waals surface area (Å²) in [4.78, 5) is 29.8. The van der Waals surface area contributed by atoms with E-state index < -0.39 is 0 Å². The largest absolute Gasteiger partial charge is 0.354 e. The quantitative estimate of drug-likeness (QED) is 0.729. The molecule has 1 amide bonds. The zero-order valence-electron chi connectivity index (χ0n) is 13.5. The predicted octanol–water partition coefficient (Wildman–Crippen LogP) is 1.68. The van der Waals surface area contributed by atoms with Gasteiger partial charge in [0.15, 0.2) is 5.82 Å². The number of thiophene rings is 1. The number of rotatable bonds is 6. The van der Waals surface area contributed by atoms with Gasteiger partial charge in [0.25, 0.3) is 0 Å². The van der Waals surface area contributed by atoms with Crippen molar-refractivity contribution < 1.29 is 4.79 Å². The van der Waals surface area contributed by atoms with Crippen LogP contribution >= 0.6 is 11.3 Å². The van der Waals surface area contributed by atoms with Crippen LogP contribution in [0, 0.1) is 5.92 Å². The highest BCUT2D eigenvalue weighted by atomic mass is 32.1. The molecule has 3 aromatic heterocycles. The van der Waals surface area contributed by atoms with Gasteiger partial charge in [-0.15, -0.1) is 16.4 Å². The molecule has 0 radical (unpaired) electrons. The number of carbonyl (C=O) groups excluding carboxylic acids is 1. The van der Waals surface area contributed by atoms with E-state index in [4.69, 9.17) is 0 Å². The summed E-state index contributed by atoms with van der Waals surface area (Å²) < 4.78 is 2.74. The first-order valence-corrected chi connectivity index (χ1v) is 9.01. The average molecular weight is 355 g/mol. The number of nitrogens with one attached hydrogen (secondary N) is 1. The van der Waals surface area contributed by atoms with Crippen LogP contribution in [0.4, 0.5) is 0 Å². The van der Waals surface area contributed by atoms with Crippen LogP contribution in [0.3, 0.4) is 0 Å². The maximum Gasteiger partial charge on any atom is 0.351 e. The SMILES string of the molecule is O=C(Cn1nc(-c2cccs2)n(-c2ccncc2)c1=O)NCC1CC1. The van der Waals surface area contributed by atoms with Crippen LogP contribution in [-0.4, -0.2) is 31.8 Å². The summed E-state index contributed by atoms with van der Waals surface area (Å²) in [6, 6.07) is 7.31. The lowest BCUT2D eigenvalue weighted by Crippen LogP contribution is -2.34. The molecular weight excluding hydrogens is 338 g/mol. The van der Waals surface area contributed by atoms with E-state index in [0.717, 1.165) is 4.88 Å². The third-order valence-electron chi connectivity index (χ3n) is 4.08. The van der Waals surface area contributed by atoms with Crippen LogP contribution in [0.15, 0.2) is 46.8 Å². The van der Waals surface area contributed by atoms with Gasteiger partial charge in [-0.3, -0.25) is 9.78 Å². The van der Waals surface area contributed by atoms with Gasteiger partial charge < -0.3 is 5.32 Å². The van der Waals surface area contributed by atoms with Crippen molar-refractivity contribution in [1.82, 2.24) is 24.6 Å². The number of aromatic nitrogens is 4. The summed E-state index contributed by atoms with van der Waals surface area (Å²) in [6.07, 6.45) is 5.58. The van der Waals surface area contributed by atoms with Gasteiger partial charge in [0.2, 0.25) is 5.91 Å². The minimum absolute atomic E-state index is 0.0813. The Bertz CT molecular complexity index is 926. The van der Waals surface area contributed by atoms with Crippen molar-refractivity contribution in [3.8, 4) is 16.4 Å². The topological polar surface area (TPSA) is 81.8 Å². The van der Waals surface area contributed by atoms with Gasteiger partial charge in [-0.05, 0) is 42.3 Å². The van der Waals surface area contributed by atoms with Gasteiger partial charge in [-0.2, -0.15) is 0 Å². The van der Waals surface area contributed by atoms with Crippen molar-refractivity contribution >= 4 is 17.2 Å². The molecular formula is C17H17N5O2S. The molecule has 1 saturated carbocycles. The second-order valence-corrected chi connectivity index (χ2v) is 6.98. The predicted molar refractivity (Wildman–Crippen MR) is 94.7 cm³/mol. The van der Waals surface area contributed by atoms with E-state index >= 15 is 0 Å². The molecule has 0 aliphatic heterocycles. The van der Waals surface area contributed by atoms with Gasteiger partial charge in [0.1, 0.15) is 6.54 Å². The summed E-state index contributed by atoms with van der Waals surface area (Å²) in [6.45, 7) is 0.596. The fourth-order valence-corrected chi connectivity index (χ4v) is 3.27. The Labute approximate surface area is 147 Å². The van der Waals surface area contributed by atoms with Crippen LogP contribution in [-0.2, 0) is 11.3 Å². The first-order chi connectivity index (χ1) is 12.2. The van der Waals surface area contributed by atoms with E-state index in [9.17, 15) is 9.59 Å². The molecule has 25 heavy (non-hydrogen) atoms. The van der Waals surface area contributed by atoms with E-state index in [1.807, 2.05) is 17.5 Å². The second-order valence-electron chi connectivity index (χ2n) is 6.03. The van der Waals surface area contributed by atoms with Crippen molar-refractivity contribution in [1.29, 1.82) is 0 Å². The number of hydrogen-bond donors (Lipinski definition) is 1. The van der Waals surface area contributed by atoms with Gasteiger partial charge in [-0.1, -0.05) is 6.07 Å². The normalized spacial score (nSPS) is 13.8. The molecule has 0 atom stereocenters. The first-order valence-electron chi connectivity index (χ1n) is 8.13. The van der Waals surface area contributed by atoms with Crippen molar-refractivity contribution in [2.24, 2.45) is 5.92 Å². The fraction of sp³-hybridized carbons (Fsp3) is 0.294. The summed E-state index contributed by atoms with van der Waals surface area (Å²) in [5.74, 6) is 0.934. The smallest absolute Gasteiger partial charge is 0.351 e. The molecule has 3 aromatic rings. The van der Waals surface area contributed by atoms with Crippen molar-refractivity contribution in [2.45, 2.75) is 19.4 Å². The van der Waals surface area contributed by atoms with Crippen molar-refractivity contribution in [2.75, 3.05) is 6.54 Å². The van der Waals surface area contributed by atoms with E-state index in [-0.39, 0.29) is 18.1 Å². The van der Waals surface area contributed by atoms with Crippen molar-refractivity contribution in [3.05, 3.63) is 52.5 Å². The lowest BCUT2D eigenvalue weighted by atomic mass is 10.3. The van der Waals surface area contributed by atoms with Gasteiger partial charge in [0, 0.05) is 18.9 Å². The first kappa shape index (κ1) is 15.8. The molecule has 1 fully saturated rings. The van der Waals surface area contributed by atoms with E-state index in [1.165, 1.54) is 33.4 Å². The molecule has 8 heteroatoms. The fourth-order valence-electron chi connectivity index (χ4n) is 2.57. The molecule has 4 rings (SSSR count). The van der Waals surface area contributed by atoms with Gasteiger partial charge in [-0.25, -0.2) is 14.0 Å². The summed E-state index contributed by atoms with van der Waals surface area (Å²) in [5.41, 5.74) is 0.337. The van der Waals surface area contributed by atoms with E-state index in [0.29, 0.717) is 24.0 Å². The molecule has 1 aliphatic rings. The Morgan fingerprint density at radius 1 is 1.28 bits per heavy atom. The maximum atomic E-state index is 12.8. The van der Waals surface area contributed by atoms with E-state index in [2.05, 4.69) is 15.4 Å². The van der Waals surface area contributed by atoms with Gasteiger partial charge in [0.05, 0.1) is 10.6 Å². The van der Waals surface area contributed by atoms with Crippen molar-refractivity contribution in [3.63, 3.8) is 0 Å². The summed E-state index contributed by atoms with van der Waals surface area (Å²) >= 11 is 1.50. The molecule has 1 aliphatic carbocycles. The lowest BCUT2D eigenvalue weighted by molar-refractivity contribution is -0.121. The van der Waals surface area contributed by atoms with Crippen LogP contribution in [0.2, 0.25) is 0 Å². The lowest BCUT2D eigenvalue weighted by Gasteiger charge is -2.03. The molecule has 1 N–H and O–H groups in total. The standard InChI is InChI=1S/C17H17N5O2S/c23-15(19-10-12-3-4-12)11-21-17(24)22(13-5-7-18-8-6-13)16(20-21)14-2-1-9-25-14/h1-2,5-9,12H,3-4,10-11H2,(H,19,23). The Hall–Kier alpha value is -2.74. The van der Waals surface area contributed by atoms with Crippen LogP contribution in [0.5, 0.6) is 0 Å². The van der Waals surface area contributed by atoms with Gasteiger partial charge >= 0.3 is 5.69 Å². The number of amides is 1. The number of carbonyl (C=O) groups is 1. The number of hydrogen-bond acceptors (Lipinski definition) is 5. The summed E-state index contributed by atoms with van der Waals surface area (Å²) in [7, 11) is 0. The highest BCUT2D eigenvalue weighted by Crippen LogP contribution is 2.27. The highest BCUT2D eigenvalue weighted by Gasteiger charge is 2.23. The zero-order valence-corrected chi connectivity index (χ0v) is 14.3. The Balaban J connectivity index is 1.68. The molecule has 0 spiro atoms. The molecule has 0 saturated heterocycles. The molecule has 128 valence electrons. The second kappa shape index (κ2) is 6.64. The molecule has 7 nitrogen and oxygen atoms in total. The maximum absolute atomic E-state index is 12.8.